The lowest BCUT2D eigenvalue weighted by atomic mass is 10.3. The second kappa shape index (κ2) is 6.01. The van der Waals surface area contributed by atoms with Crippen LogP contribution in [0.2, 0.25) is 0 Å². The van der Waals surface area contributed by atoms with Gasteiger partial charge in [0.25, 0.3) is 0 Å². The van der Waals surface area contributed by atoms with Gasteiger partial charge in [-0.3, -0.25) is 5.41 Å². The smallest absolute Gasteiger partial charge is 0.0872 e. The Bertz CT molecular complexity index is 1130. The van der Waals surface area contributed by atoms with E-state index < -0.39 is 0 Å². The van der Waals surface area contributed by atoms with Crippen molar-refractivity contribution in [1.82, 2.24) is 15.0 Å². The van der Waals surface area contributed by atoms with Gasteiger partial charge >= 0.3 is 0 Å². The number of nitrogens with one attached hydrogen (secondary N) is 3. The van der Waals surface area contributed by atoms with Gasteiger partial charge in [0, 0.05) is 11.0 Å². The first-order valence-electron chi connectivity index (χ1n) is 7.75. The zero-order valence-electron chi connectivity index (χ0n) is 13.0. The lowest BCUT2D eigenvalue weighted by Crippen LogP contribution is -1.94. The van der Waals surface area contributed by atoms with Crippen LogP contribution in [0.5, 0.6) is 0 Å². The summed E-state index contributed by atoms with van der Waals surface area (Å²) in [5, 5.41) is 8.54. The molecule has 3 aromatic rings. The van der Waals surface area contributed by atoms with Gasteiger partial charge in [0.1, 0.15) is 0 Å². The average Bonchev–Trinajstić information content (AvgIpc) is 3.31. The number of hydrogen-bond donors (Lipinski definition) is 3. The van der Waals surface area contributed by atoms with E-state index in [9.17, 15) is 0 Å². The summed E-state index contributed by atoms with van der Waals surface area (Å²) in [6, 6.07) is 21.3. The average molecular weight is 312 g/mol. The van der Waals surface area contributed by atoms with E-state index >= 15 is 0 Å². The molecule has 0 fully saturated rings. The molecule has 0 aliphatic carbocycles. The zero-order valence-corrected chi connectivity index (χ0v) is 13.0. The zero-order chi connectivity index (χ0) is 16.4. The summed E-state index contributed by atoms with van der Waals surface area (Å²) in [6.07, 6.45) is 4.00. The monoisotopic (exact) mass is 312 g/mol. The third-order valence-electron chi connectivity index (χ3n) is 3.84. The first kappa shape index (κ1) is 14.2. The molecule has 0 radical (unpaired) electrons. The normalized spacial score (nSPS) is 11.3. The van der Waals surface area contributed by atoms with Gasteiger partial charge in [-0.25, -0.2) is 4.98 Å². The van der Waals surface area contributed by atoms with Crippen LogP contribution in [-0.4, -0.2) is 15.0 Å². The number of hydrogen-bond acceptors (Lipinski definition) is 2. The van der Waals surface area contributed by atoms with Gasteiger partial charge in [0.05, 0.1) is 27.8 Å². The van der Waals surface area contributed by atoms with Crippen LogP contribution in [0.25, 0.3) is 34.2 Å². The van der Waals surface area contributed by atoms with E-state index in [1.807, 2.05) is 72.8 Å². The first-order chi connectivity index (χ1) is 11.8. The van der Waals surface area contributed by atoms with E-state index in [2.05, 4.69) is 15.0 Å². The topological polar surface area (TPSA) is 68.3 Å². The molecule has 0 aromatic carbocycles. The Balaban J connectivity index is 2.01. The van der Waals surface area contributed by atoms with E-state index in [1.165, 1.54) is 0 Å². The van der Waals surface area contributed by atoms with Crippen molar-refractivity contribution in [2.24, 2.45) is 0 Å². The van der Waals surface area contributed by atoms with E-state index in [-0.39, 0.29) is 0 Å². The van der Waals surface area contributed by atoms with Crippen molar-refractivity contribution in [3.63, 3.8) is 0 Å². The quantitative estimate of drug-likeness (QED) is 0.446. The molecule has 116 valence electrons. The van der Waals surface area contributed by atoms with Crippen molar-refractivity contribution in [3.05, 3.63) is 83.5 Å². The molecule has 4 rings (SSSR count). The molecule has 0 saturated carbocycles. The van der Waals surface area contributed by atoms with Gasteiger partial charge < -0.3 is 9.97 Å². The van der Waals surface area contributed by atoms with Crippen LogP contribution < -0.4 is 5.36 Å². The third kappa shape index (κ3) is 2.90. The molecule has 0 amide bonds. The molecule has 0 spiro atoms. The van der Waals surface area contributed by atoms with Crippen LogP contribution in [0.4, 0.5) is 0 Å². The standard InChI is InChI=1S/C20H16N4/c21-17-5-3-1-2-4-14-9-12-19(23-14)20-13-10-16(24-20)7-6-15-8-11-18(17)22-15/h1-13,21-23H. The van der Waals surface area contributed by atoms with E-state index in [1.54, 1.807) is 6.07 Å². The Labute approximate surface area is 138 Å². The molecule has 0 atom stereocenters. The van der Waals surface area contributed by atoms with Crippen LogP contribution in [0.3, 0.4) is 0 Å². The van der Waals surface area contributed by atoms with Crippen molar-refractivity contribution in [3.8, 4) is 0 Å². The molecule has 4 heterocycles. The van der Waals surface area contributed by atoms with Crippen LogP contribution in [0.1, 0.15) is 11.4 Å². The maximum atomic E-state index is 8.09. The predicted molar refractivity (Wildman–Crippen MR) is 98.0 cm³/mol. The number of H-pyrrole nitrogens is 2. The molecule has 1 aliphatic heterocycles. The maximum absolute atomic E-state index is 8.09. The predicted octanol–water partition coefficient (Wildman–Crippen LogP) is 4.26. The molecule has 6 bridgehead atoms. The highest BCUT2D eigenvalue weighted by Crippen LogP contribution is 2.15. The molecule has 4 heteroatoms. The number of fused-ring (bicyclic) bond motifs is 7. The van der Waals surface area contributed by atoms with Gasteiger partial charge in [0.2, 0.25) is 0 Å². The Kier molecular flexibility index (Phi) is 3.56. The van der Waals surface area contributed by atoms with Crippen molar-refractivity contribution >= 4 is 34.2 Å². The summed E-state index contributed by atoms with van der Waals surface area (Å²) in [6.45, 7) is 0. The van der Waals surface area contributed by atoms with Crippen LogP contribution in [-0.2, 0) is 0 Å². The fourth-order valence-corrected chi connectivity index (χ4v) is 2.59. The summed E-state index contributed by atoms with van der Waals surface area (Å²) in [7, 11) is 0. The van der Waals surface area contributed by atoms with Crippen LogP contribution in [0, 0.1) is 5.41 Å². The minimum atomic E-state index is 0.444. The van der Waals surface area contributed by atoms with E-state index in [4.69, 9.17) is 5.41 Å². The van der Waals surface area contributed by atoms with E-state index in [0.29, 0.717) is 5.36 Å². The highest BCUT2D eigenvalue weighted by Gasteiger charge is 2.00. The second-order valence-corrected chi connectivity index (χ2v) is 5.57. The summed E-state index contributed by atoms with van der Waals surface area (Å²) in [4.78, 5) is 11.2. The summed E-state index contributed by atoms with van der Waals surface area (Å²) in [5.41, 5.74) is 5.58. The molecular formula is C20H16N4. The molecule has 24 heavy (non-hydrogen) atoms. The van der Waals surface area contributed by atoms with Crippen LogP contribution in [0.15, 0.2) is 66.7 Å². The van der Waals surface area contributed by atoms with Crippen molar-refractivity contribution in [1.29, 1.82) is 5.41 Å². The molecule has 4 nitrogen and oxygen atoms in total. The fourth-order valence-electron chi connectivity index (χ4n) is 2.59. The lowest BCUT2D eigenvalue weighted by molar-refractivity contribution is 1.29. The SMILES string of the molecule is N=c1cccccc2ccc([nH]2)c2nc(ccc3ccc1[nH]3)C=C2. The number of nitrogens with zero attached hydrogens (tertiary/aromatic N) is 1. The van der Waals surface area contributed by atoms with E-state index in [0.717, 1.165) is 33.5 Å². The Hall–Kier alpha value is -3.40. The Morgan fingerprint density at radius 3 is 2.29 bits per heavy atom. The van der Waals surface area contributed by atoms with Crippen LogP contribution >= 0.6 is 0 Å². The minimum absolute atomic E-state index is 0.444. The van der Waals surface area contributed by atoms with Gasteiger partial charge in [-0.15, -0.1) is 0 Å². The number of aromatic nitrogens is 3. The molecule has 3 N–H and O–H groups in total. The molecule has 0 saturated heterocycles. The summed E-state index contributed by atoms with van der Waals surface area (Å²) >= 11 is 0. The lowest BCUT2D eigenvalue weighted by Gasteiger charge is -1.84. The fraction of sp³-hybridized carbons (Fsp3) is 0. The summed E-state index contributed by atoms with van der Waals surface area (Å²) in [5.74, 6) is 0. The van der Waals surface area contributed by atoms with Gasteiger partial charge in [-0.2, -0.15) is 0 Å². The van der Waals surface area contributed by atoms with Crippen molar-refractivity contribution < 1.29 is 0 Å². The second-order valence-electron chi connectivity index (χ2n) is 5.57. The number of rotatable bonds is 0. The molecule has 1 aliphatic rings. The Morgan fingerprint density at radius 2 is 1.38 bits per heavy atom. The van der Waals surface area contributed by atoms with Gasteiger partial charge in [-0.05, 0) is 60.7 Å². The Morgan fingerprint density at radius 1 is 0.667 bits per heavy atom. The minimum Gasteiger partial charge on any atom is -0.354 e. The van der Waals surface area contributed by atoms with Gasteiger partial charge in [0.15, 0.2) is 0 Å². The molecule has 0 unspecified atom stereocenters. The van der Waals surface area contributed by atoms with Crippen molar-refractivity contribution in [2.75, 3.05) is 0 Å². The maximum Gasteiger partial charge on any atom is 0.0872 e. The largest absolute Gasteiger partial charge is 0.354 e. The molecular weight excluding hydrogens is 296 g/mol. The van der Waals surface area contributed by atoms with Gasteiger partial charge in [-0.1, -0.05) is 18.2 Å². The van der Waals surface area contributed by atoms with Crippen molar-refractivity contribution in [2.45, 2.75) is 0 Å². The third-order valence-corrected chi connectivity index (χ3v) is 3.84. The first-order valence-corrected chi connectivity index (χ1v) is 7.75. The summed E-state index contributed by atoms with van der Waals surface area (Å²) < 4.78 is 0. The molecule has 3 aromatic heterocycles. The highest BCUT2D eigenvalue weighted by molar-refractivity contribution is 5.80. The highest BCUT2D eigenvalue weighted by atomic mass is 14.8. The number of aromatic amines is 2.